The second-order valence-electron chi connectivity index (χ2n) is 5.59. The highest BCUT2D eigenvalue weighted by atomic mass is 32.2. The average Bonchev–Trinajstić information content (AvgIpc) is 2.37. The molecule has 0 aliphatic heterocycles. The summed E-state index contributed by atoms with van der Waals surface area (Å²) >= 11 is 2.01. The zero-order chi connectivity index (χ0) is 12.5. The van der Waals surface area contributed by atoms with Gasteiger partial charge in [-0.25, -0.2) is 0 Å². The lowest BCUT2D eigenvalue weighted by Gasteiger charge is -2.36. The quantitative estimate of drug-likeness (QED) is 0.655. The Balaban J connectivity index is 2.36. The third-order valence-corrected chi connectivity index (χ3v) is 5.00. The zero-order valence-corrected chi connectivity index (χ0v) is 12.8. The molecule has 0 spiro atoms. The van der Waals surface area contributed by atoms with E-state index in [9.17, 15) is 0 Å². The minimum absolute atomic E-state index is 0.955. The minimum atomic E-state index is 0.955. The van der Waals surface area contributed by atoms with Crippen LogP contribution < -0.4 is 5.32 Å². The fourth-order valence-electron chi connectivity index (χ4n) is 3.15. The fraction of sp³-hybridized carbons (Fsp3) is 1.00. The van der Waals surface area contributed by atoms with E-state index in [0.717, 1.165) is 17.8 Å². The molecule has 0 aromatic carbocycles. The summed E-state index contributed by atoms with van der Waals surface area (Å²) in [6.45, 7) is 7.09. The largest absolute Gasteiger partial charge is 0.316 e. The Morgan fingerprint density at radius 3 is 2.65 bits per heavy atom. The summed E-state index contributed by atoms with van der Waals surface area (Å²) in [5.41, 5.74) is 0. The zero-order valence-electron chi connectivity index (χ0n) is 12.0. The van der Waals surface area contributed by atoms with Crippen LogP contribution in [0.5, 0.6) is 0 Å². The lowest BCUT2D eigenvalue weighted by Crippen LogP contribution is -2.33. The van der Waals surface area contributed by atoms with Gasteiger partial charge in [0.15, 0.2) is 0 Å². The summed E-state index contributed by atoms with van der Waals surface area (Å²) in [4.78, 5) is 0. The molecule has 3 unspecified atom stereocenters. The molecular weight excluding hydrogens is 226 g/mol. The maximum Gasteiger partial charge on any atom is -0.00179 e. The maximum absolute atomic E-state index is 3.64. The van der Waals surface area contributed by atoms with Crippen molar-refractivity contribution in [1.82, 2.24) is 5.32 Å². The molecule has 0 heterocycles. The first kappa shape index (κ1) is 15.4. The third-order valence-electron chi connectivity index (χ3n) is 4.35. The molecule has 0 saturated heterocycles. The van der Waals surface area contributed by atoms with Crippen LogP contribution in [-0.2, 0) is 0 Å². The van der Waals surface area contributed by atoms with E-state index in [2.05, 4.69) is 25.4 Å². The molecule has 2 heteroatoms. The highest BCUT2D eigenvalue weighted by molar-refractivity contribution is 7.98. The van der Waals surface area contributed by atoms with Gasteiger partial charge in [-0.1, -0.05) is 26.7 Å². The lowest BCUT2D eigenvalue weighted by atomic mass is 9.72. The van der Waals surface area contributed by atoms with E-state index in [1.54, 1.807) is 0 Å². The Hall–Kier alpha value is 0.310. The minimum Gasteiger partial charge on any atom is -0.316 e. The van der Waals surface area contributed by atoms with E-state index < -0.39 is 0 Å². The molecule has 3 atom stereocenters. The Bertz CT molecular complexity index is 182. The first-order valence-electron chi connectivity index (χ1n) is 7.51. The van der Waals surface area contributed by atoms with Gasteiger partial charge in [-0.05, 0) is 68.5 Å². The van der Waals surface area contributed by atoms with Crippen molar-refractivity contribution in [1.29, 1.82) is 0 Å². The van der Waals surface area contributed by atoms with Crippen molar-refractivity contribution in [2.24, 2.45) is 17.8 Å². The van der Waals surface area contributed by atoms with Gasteiger partial charge in [0.05, 0.1) is 0 Å². The highest BCUT2D eigenvalue weighted by Gasteiger charge is 2.28. The highest BCUT2D eigenvalue weighted by Crippen LogP contribution is 2.37. The Labute approximate surface area is 113 Å². The molecule has 0 aromatic heterocycles. The van der Waals surface area contributed by atoms with Crippen molar-refractivity contribution in [2.45, 2.75) is 52.4 Å². The van der Waals surface area contributed by atoms with Crippen molar-refractivity contribution in [3.8, 4) is 0 Å². The van der Waals surface area contributed by atoms with Crippen LogP contribution in [0.15, 0.2) is 0 Å². The van der Waals surface area contributed by atoms with Crippen LogP contribution in [0.2, 0.25) is 0 Å². The van der Waals surface area contributed by atoms with Crippen LogP contribution in [0.4, 0.5) is 0 Å². The third kappa shape index (κ3) is 5.65. The molecule has 1 saturated carbocycles. The number of hydrogen-bond donors (Lipinski definition) is 1. The molecule has 0 aromatic rings. The van der Waals surface area contributed by atoms with Crippen molar-refractivity contribution in [3.05, 3.63) is 0 Å². The van der Waals surface area contributed by atoms with Crippen LogP contribution >= 0.6 is 11.8 Å². The average molecular weight is 257 g/mol. The maximum atomic E-state index is 3.64. The van der Waals surface area contributed by atoms with Crippen molar-refractivity contribution < 1.29 is 0 Å². The summed E-state index contributed by atoms with van der Waals surface area (Å²) in [5, 5.41) is 3.64. The number of nitrogens with one attached hydrogen (secondary N) is 1. The number of hydrogen-bond acceptors (Lipinski definition) is 2. The van der Waals surface area contributed by atoms with Crippen LogP contribution in [-0.4, -0.2) is 25.1 Å². The fourth-order valence-corrected chi connectivity index (χ4v) is 3.69. The molecule has 1 aliphatic carbocycles. The van der Waals surface area contributed by atoms with Crippen LogP contribution in [0, 0.1) is 17.8 Å². The lowest BCUT2D eigenvalue weighted by molar-refractivity contribution is 0.169. The predicted octanol–water partition coefficient (Wildman–Crippen LogP) is 4.18. The van der Waals surface area contributed by atoms with Gasteiger partial charge in [0.25, 0.3) is 0 Å². The van der Waals surface area contributed by atoms with Gasteiger partial charge >= 0.3 is 0 Å². The molecule has 1 N–H and O–H groups in total. The summed E-state index contributed by atoms with van der Waals surface area (Å²) in [6.07, 6.45) is 10.8. The van der Waals surface area contributed by atoms with Crippen molar-refractivity contribution in [3.63, 3.8) is 0 Å². The first-order valence-corrected chi connectivity index (χ1v) is 8.90. The first-order chi connectivity index (χ1) is 8.31. The monoisotopic (exact) mass is 257 g/mol. The van der Waals surface area contributed by atoms with E-state index in [4.69, 9.17) is 0 Å². The molecule has 0 radical (unpaired) electrons. The summed E-state index contributed by atoms with van der Waals surface area (Å²) in [7, 11) is 0. The normalized spacial score (nSPS) is 29.5. The van der Waals surface area contributed by atoms with Crippen LogP contribution in [0.1, 0.15) is 52.4 Å². The topological polar surface area (TPSA) is 12.0 Å². The standard InChI is InChI=1S/C15H31NS/c1-4-9-16-12-15-7-6-13(5-2)11-14(15)8-10-17-3/h13-16H,4-12H2,1-3H3. The van der Waals surface area contributed by atoms with Gasteiger partial charge in [0.1, 0.15) is 0 Å². The SMILES string of the molecule is CCCNCC1CCC(CC)CC1CCSC. The molecule has 1 rings (SSSR count). The van der Waals surface area contributed by atoms with Crippen molar-refractivity contribution >= 4 is 11.8 Å². The predicted molar refractivity (Wildman–Crippen MR) is 80.8 cm³/mol. The Morgan fingerprint density at radius 2 is 2.00 bits per heavy atom. The van der Waals surface area contributed by atoms with Gasteiger partial charge in [-0.3, -0.25) is 0 Å². The van der Waals surface area contributed by atoms with Crippen LogP contribution in [0.25, 0.3) is 0 Å². The van der Waals surface area contributed by atoms with Gasteiger partial charge in [-0.15, -0.1) is 0 Å². The molecule has 1 aliphatic rings. The van der Waals surface area contributed by atoms with Crippen molar-refractivity contribution in [2.75, 3.05) is 25.1 Å². The molecule has 0 amide bonds. The molecule has 0 bridgehead atoms. The second kappa shape index (κ2) is 9.27. The van der Waals surface area contributed by atoms with Gasteiger partial charge in [0, 0.05) is 0 Å². The van der Waals surface area contributed by atoms with E-state index in [1.165, 1.54) is 57.4 Å². The van der Waals surface area contributed by atoms with E-state index in [-0.39, 0.29) is 0 Å². The molecule has 102 valence electrons. The van der Waals surface area contributed by atoms with E-state index in [1.807, 2.05) is 11.8 Å². The molecule has 1 nitrogen and oxygen atoms in total. The molecular formula is C15H31NS. The number of rotatable bonds is 8. The van der Waals surface area contributed by atoms with Crippen LogP contribution in [0.3, 0.4) is 0 Å². The summed E-state index contributed by atoms with van der Waals surface area (Å²) < 4.78 is 0. The van der Waals surface area contributed by atoms with Gasteiger partial charge in [0.2, 0.25) is 0 Å². The summed E-state index contributed by atoms with van der Waals surface area (Å²) in [6, 6.07) is 0. The van der Waals surface area contributed by atoms with E-state index >= 15 is 0 Å². The van der Waals surface area contributed by atoms with Gasteiger partial charge in [-0.2, -0.15) is 11.8 Å². The number of thioether (sulfide) groups is 1. The van der Waals surface area contributed by atoms with Gasteiger partial charge < -0.3 is 5.32 Å². The Kier molecular flexibility index (Phi) is 8.38. The van der Waals surface area contributed by atoms with E-state index in [0.29, 0.717) is 0 Å². The molecule has 1 fully saturated rings. The molecule has 17 heavy (non-hydrogen) atoms. The smallest absolute Gasteiger partial charge is 0.00179 e. The second-order valence-corrected chi connectivity index (χ2v) is 6.58. The Morgan fingerprint density at radius 1 is 1.18 bits per heavy atom. The summed E-state index contributed by atoms with van der Waals surface area (Å²) in [5.74, 6) is 4.32.